The minimum atomic E-state index is -0.195. The second-order valence-electron chi connectivity index (χ2n) is 3.98. The number of aryl methyl sites for hydroxylation is 1. The number of halogens is 1. The summed E-state index contributed by atoms with van der Waals surface area (Å²) in [5, 5.41) is 3.23. The van der Waals surface area contributed by atoms with Crippen LogP contribution in [-0.4, -0.2) is 35.9 Å². The van der Waals surface area contributed by atoms with E-state index >= 15 is 0 Å². The molecule has 0 radical (unpaired) electrons. The highest BCUT2D eigenvalue weighted by Crippen LogP contribution is 2.16. The Morgan fingerprint density at radius 1 is 1.39 bits per heavy atom. The smallest absolute Gasteiger partial charge is 0.348 e. The van der Waals surface area contributed by atoms with Gasteiger partial charge >= 0.3 is 5.69 Å². The van der Waals surface area contributed by atoms with Crippen LogP contribution in [0.5, 0.6) is 0 Å². The topological polar surface area (TPSA) is 56.1 Å². The van der Waals surface area contributed by atoms with Crippen molar-refractivity contribution in [1.82, 2.24) is 14.9 Å². The van der Waals surface area contributed by atoms with Gasteiger partial charge in [-0.2, -0.15) is 4.98 Å². The number of ether oxygens (including phenoxy) is 1. The van der Waals surface area contributed by atoms with Gasteiger partial charge < -0.3 is 10.1 Å². The van der Waals surface area contributed by atoms with Gasteiger partial charge in [0, 0.05) is 31.9 Å². The summed E-state index contributed by atoms with van der Waals surface area (Å²) in [5.74, 6) is 0. The first kappa shape index (κ1) is 15.3. The molecule has 0 aliphatic heterocycles. The maximum atomic E-state index is 11.8. The van der Waals surface area contributed by atoms with Gasteiger partial charge in [-0.05, 0) is 36.7 Å². The van der Waals surface area contributed by atoms with Crippen molar-refractivity contribution < 1.29 is 4.74 Å². The SMILES string of the molecule is CCOCCNCCn1c(C)c(Br)c(C)nc1=O. The van der Waals surface area contributed by atoms with Crippen LogP contribution in [0.2, 0.25) is 0 Å². The average Bonchev–Trinajstić information content (AvgIpc) is 2.34. The first-order valence-corrected chi connectivity index (χ1v) is 6.89. The van der Waals surface area contributed by atoms with Gasteiger partial charge in [-0.1, -0.05) is 0 Å². The number of aromatic nitrogens is 2. The zero-order valence-electron chi connectivity index (χ0n) is 11.1. The highest BCUT2D eigenvalue weighted by molar-refractivity contribution is 9.10. The van der Waals surface area contributed by atoms with Crippen LogP contribution in [0.3, 0.4) is 0 Å². The summed E-state index contributed by atoms with van der Waals surface area (Å²) in [6.45, 7) is 9.27. The van der Waals surface area contributed by atoms with E-state index in [4.69, 9.17) is 4.74 Å². The fourth-order valence-electron chi connectivity index (χ4n) is 1.64. The van der Waals surface area contributed by atoms with Gasteiger partial charge in [0.15, 0.2) is 0 Å². The second kappa shape index (κ2) is 7.66. The molecule has 0 aliphatic rings. The molecule has 18 heavy (non-hydrogen) atoms. The third-order valence-corrected chi connectivity index (χ3v) is 3.82. The van der Waals surface area contributed by atoms with Crippen LogP contribution in [0.1, 0.15) is 18.3 Å². The Morgan fingerprint density at radius 2 is 2.11 bits per heavy atom. The first-order valence-electron chi connectivity index (χ1n) is 6.10. The van der Waals surface area contributed by atoms with Crippen molar-refractivity contribution in [2.45, 2.75) is 27.3 Å². The summed E-state index contributed by atoms with van der Waals surface area (Å²) in [5.41, 5.74) is 1.46. The predicted molar refractivity (Wildman–Crippen MR) is 75.0 cm³/mol. The van der Waals surface area contributed by atoms with Crippen molar-refractivity contribution in [2.24, 2.45) is 0 Å². The molecule has 0 bridgehead atoms. The molecule has 1 heterocycles. The molecule has 0 aromatic carbocycles. The molecule has 1 aromatic rings. The van der Waals surface area contributed by atoms with Gasteiger partial charge in [-0.25, -0.2) is 4.79 Å². The molecular formula is C12H20BrN3O2. The Balaban J connectivity index is 2.53. The molecular weight excluding hydrogens is 298 g/mol. The van der Waals surface area contributed by atoms with Crippen molar-refractivity contribution in [3.05, 3.63) is 26.3 Å². The van der Waals surface area contributed by atoms with Gasteiger partial charge in [0.1, 0.15) is 0 Å². The van der Waals surface area contributed by atoms with E-state index in [2.05, 4.69) is 26.2 Å². The Hall–Kier alpha value is -0.720. The molecule has 0 unspecified atom stereocenters. The van der Waals surface area contributed by atoms with E-state index in [1.54, 1.807) is 4.57 Å². The van der Waals surface area contributed by atoms with E-state index in [1.165, 1.54) is 0 Å². The Bertz CT molecular complexity index is 446. The van der Waals surface area contributed by atoms with E-state index in [0.29, 0.717) is 13.2 Å². The Labute approximate surface area is 116 Å². The van der Waals surface area contributed by atoms with Crippen LogP contribution in [0.15, 0.2) is 9.27 Å². The monoisotopic (exact) mass is 317 g/mol. The predicted octanol–water partition coefficient (Wildman–Crippen LogP) is 1.25. The fraction of sp³-hybridized carbons (Fsp3) is 0.667. The molecule has 0 spiro atoms. The molecule has 102 valence electrons. The molecule has 1 rings (SSSR count). The van der Waals surface area contributed by atoms with E-state index < -0.39 is 0 Å². The molecule has 0 atom stereocenters. The van der Waals surface area contributed by atoms with Gasteiger partial charge in [0.05, 0.1) is 16.8 Å². The third kappa shape index (κ3) is 4.19. The van der Waals surface area contributed by atoms with Crippen LogP contribution in [0.4, 0.5) is 0 Å². The minimum Gasteiger partial charge on any atom is -0.380 e. The van der Waals surface area contributed by atoms with Crippen LogP contribution in [0.25, 0.3) is 0 Å². The van der Waals surface area contributed by atoms with Gasteiger partial charge in [0.2, 0.25) is 0 Å². The lowest BCUT2D eigenvalue weighted by molar-refractivity contribution is 0.149. The molecule has 6 heteroatoms. The Morgan fingerprint density at radius 3 is 2.78 bits per heavy atom. The van der Waals surface area contributed by atoms with Crippen molar-refractivity contribution in [1.29, 1.82) is 0 Å². The minimum absolute atomic E-state index is 0.195. The first-order chi connectivity index (χ1) is 8.57. The molecule has 1 aromatic heterocycles. The van der Waals surface area contributed by atoms with Gasteiger partial charge in [-0.15, -0.1) is 0 Å². The maximum Gasteiger partial charge on any atom is 0.348 e. The maximum absolute atomic E-state index is 11.8. The molecule has 1 N–H and O–H groups in total. The van der Waals surface area contributed by atoms with Crippen molar-refractivity contribution in [3.63, 3.8) is 0 Å². The van der Waals surface area contributed by atoms with Crippen molar-refractivity contribution >= 4 is 15.9 Å². The van der Waals surface area contributed by atoms with Crippen molar-refractivity contribution in [3.8, 4) is 0 Å². The molecule has 5 nitrogen and oxygen atoms in total. The van der Waals surface area contributed by atoms with Crippen LogP contribution < -0.4 is 11.0 Å². The normalized spacial score (nSPS) is 10.9. The lowest BCUT2D eigenvalue weighted by atomic mass is 10.3. The number of rotatable bonds is 7. The number of nitrogens with one attached hydrogen (secondary N) is 1. The van der Waals surface area contributed by atoms with E-state index in [9.17, 15) is 4.79 Å². The van der Waals surface area contributed by atoms with E-state index in [-0.39, 0.29) is 5.69 Å². The van der Waals surface area contributed by atoms with Crippen LogP contribution in [0, 0.1) is 13.8 Å². The highest BCUT2D eigenvalue weighted by atomic mass is 79.9. The summed E-state index contributed by atoms with van der Waals surface area (Å²) < 4.78 is 7.79. The Kier molecular flexibility index (Phi) is 6.52. The van der Waals surface area contributed by atoms with Gasteiger partial charge in [-0.3, -0.25) is 4.57 Å². The van der Waals surface area contributed by atoms with E-state index in [1.807, 2.05) is 20.8 Å². The van der Waals surface area contributed by atoms with E-state index in [0.717, 1.165) is 35.6 Å². The summed E-state index contributed by atoms with van der Waals surface area (Å²) in [4.78, 5) is 15.7. The zero-order valence-corrected chi connectivity index (χ0v) is 12.7. The molecule has 0 saturated heterocycles. The molecule has 0 amide bonds. The third-order valence-electron chi connectivity index (χ3n) is 2.67. The standard InChI is InChI=1S/C12H20BrN3O2/c1-4-18-8-6-14-5-7-16-10(3)11(13)9(2)15-12(16)17/h14H,4-8H2,1-3H3. The molecule has 0 fully saturated rings. The van der Waals surface area contributed by atoms with Gasteiger partial charge in [0.25, 0.3) is 0 Å². The largest absolute Gasteiger partial charge is 0.380 e. The molecule has 0 aliphatic carbocycles. The lowest BCUT2D eigenvalue weighted by Crippen LogP contribution is -2.32. The molecule has 0 saturated carbocycles. The fourth-order valence-corrected chi connectivity index (χ4v) is 1.95. The number of hydrogen-bond acceptors (Lipinski definition) is 4. The summed E-state index contributed by atoms with van der Waals surface area (Å²) in [7, 11) is 0. The summed E-state index contributed by atoms with van der Waals surface area (Å²) >= 11 is 3.44. The number of hydrogen-bond donors (Lipinski definition) is 1. The average molecular weight is 318 g/mol. The zero-order chi connectivity index (χ0) is 13.5. The lowest BCUT2D eigenvalue weighted by Gasteiger charge is -2.12. The van der Waals surface area contributed by atoms with Crippen molar-refractivity contribution in [2.75, 3.05) is 26.3 Å². The summed E-state index contributed by atoms with van der Waals surface area (Å²) in [6, 6.07) is 0. The highest BCUT2D eigenvalue weighted by Gasteiger charge is 2.08. The summed E-state index contributed by atoms with van der Waals surface area (Å²) in [6.07, 6.45) is 0. The quantitative estimate of drug-likeness (QED) is 0.769. The number of nitrogens with zero attached hydrogens (tertiary/aromatic N) is 2. The van der Waals surface area contributed by atoms with Crippen LogP contribution in [-0.2, 0) is 11.3 Å². The van der Waals surface area contributed by atoms with Crippen LogP contribution >= 0.6 is 15.9 Å². The second-order valence-corrected chi connectivity index (χ2v) is 4.77.